The molecule has 0 unspecified atom stereocenters. The van der Waals surface area contributed by atoms with Crippen molar-refractivity contribution in [2.75, 3.05) is 0 Å². The molecule has 0 N–H and O–H groups in total. The van der Waals surface area contributed by atoms with Crippen LogP contribution in [0.3, 0.4) is 0 Å². The number of benzene rings is 1. The third kappa shape index (κ3) is 2.88. The second kappa shape index (κ2) is 5.05. The SMILES string of the molecule is Cc1ccc(-c2ccc(C=C(Cl)Cl)s2)cc1. The van der Waals surface area contributed by atoms with Gasteiger partial charge in [-0.05, 0) is 30.7 Å². The van der Waals surface area contributed by atoms with Crippen molar-refractivity contribution in [1.29, 1.82) is 0 Å². The van der Waals surface area contributed by atoms with Crippen LogP contribution in [-0.4, -0.2) is 0 Å². The molecule has 16 heavy (non-hydrogen) atoms. The fraction of sp³-hybridized carbons (Fsp3) is 0.0769. The van der Waals surface area contributed by atoms with Crippen LogP contribution in [0.5, 0.6) is 0 Å². The summed E-state index contributed by atoms with van der Waals surface area (Å²) in [4.78, 5) is 2.29. The number of halogens is 2. The van der Waals surface area contributed by atoms with E-state index in [1.807, 2.05) is 6.07 Å². The fourth-order valence-electron chi connectivity index (χ4n) is 1.41. The lowest BCUT2D eigenvalue weighted by Gasteiger charge is -1.97. The molecule has 0 fully saturated rings. The number of rotatable bonds is 2. The molecule has 0 spiro atoms. The Labute approximate surface area is 109 Å². The second-order valence-electron chi connectivity index (χ2n) is 3.50. The van der Waals surface area contributed by atoms with E-state index in [4.69, 9.17) is 23.2 Å². The lowest BCUT2D eigenvalue weighted by atomic mass is 10.1. The minimum atomic E-state index is 0.289. The van der Waals surface area contributed by atoms with Gasteiger partial charge in [-0.15, -0.1) is 11.3 Å². The summed E-state index contributed by atoms with van der Waals surface area (Å²) >= 11 is 12.9. The summed E-state index contributed by atoms with van der Waals surface area (Å²) in [6.45, 7) is 2.08. The Morgan fingerprint density at radius 3 is 2.38 bits per heavy atom. The summed E-state index contributed by atoms with van der Waals surface area (Å²) in [7, 11) is 0. The molecule has 0 radical (unpaired) electrons. The maximum Gasteiger partial charge on any atom is 0.108 e. The molecule has 82 valence electrons. The lowest BCUT2D eigenvalue weighted by molar-refractivity contribution is 1.48. The number of thiophene rings is 1. The molecule has 1 aromatic carbocycles. The molecule has 0 aliphatic heterocycles. The van der Waals surface area contributed by atoms with Gasteiger partial charge in [0.1, 0.15) is 4.49 Å². The van der Waals surface area contributed by atoms with Crippen molar-refractivity contribution in [2.24, 2.45) is 0 Å². The van der Waals surface area contributed by atoms with Gasteiger partial charge in [0, 0.05) is 9.75 Å². The van der Waals surface area contributed by atoms with Crippen molar-refractivity contribution in [3.63, 3.8) is 0 Å². The highest BCUT2D eigenvalue weighted by molar-refractivity contribution is 7.16. The smallest absolute Gasteiger partial charge is 0.108 e. The standard InChI is InChI=1S/C13H10Cl2S/c1-9-2-4-10(5-3-9)12-7-6-11(16-12)8-13(14)15/h2-8H,1H3. The van der Waals surface area contributed by atoms with Crippen molar-refractivity contribution >= 4 is 40.6 Å². The average molecular weight is 269 g/mol. The number of hydrogen-bond donors (Lipinski definition) is 0. The van der Waals surface area contributed by atoms with Crippen LogP contribution in [0.15, 0.2) is 40.9 Å². The molecule has 3 heteroatoms. The molecule has 0 bridgehead atoms. The fourth-order valence-corrected chi connectivity index (χ4v) is 2.73. The molecule has 0 saturated heterocycles. The highest BCUT2D eigenvalue weighted by Crippen LogP contribution is 2.30. The van der Waals surface area contributed by atoms with Gasteiger partial charge in [0.05, 0.1) is 0 Å². The maximum absolute atomic E-state index is 5.62. The van der Waals surface area contributed by atoms with E-state index in [2.05, 4.69) is 37.3 Å². The minimum absolute atomic E-state index is 0.289. The zero-order valence-corrected chi connectivity index (χ0v) is 11.0. The molecule has 0 atom stereocenters. The first-order valence-corrected chi connectivity index (χ1v) is 6.42. The Hall–Kier alpha value is -0.760. The largest absolute Gasteiger partial charge is 0.136 e. The Morgan fingerprint density at radius 2 is 1.75 bits per heavy atom. The van der Waals surface area contributed by atoms with Crippen molar-refractivity contribution in [2.45, 2.75) is 6.92 Å². The summed E-state index contributed by atoms with van der Waals surface area (Å²) in [6.07, 6.45) is 1.76. The first-order chi connectivity index (χ1) is 7.65. The Bertz CT molecular complexity index is 505. The summed E-state index contributed by atoms with van der Waals surface area (Å²) in [5, 5.41) is 0. The highest BCUT2D eigenvalue weighted by atomic mass is 35.5. The van der Waals surface area contributed by atoms with Crippen molar-refractivity contribution in [3.8, 4) is 10.4 Å². The predicted octanol–water partition coefficient (Wildman–Crippen LogP) is 5.50. The van der Waals surface area contributed by atoms with Gasteiger partial charge in [0.15, 0.2) is 0 Å². The summed E-state index contributed by atoms with van der Waals surface area (Å²) < 4.78 is 0.289. The van der Waals surface area contributed by atoms with Gasteiger partial charge < -0.3 is 0 Å². The summed E-state index contributed by atoms with van der Waals surface area (Å²) in [6, 6.07) is 12.6. The molecule has 0 nitrogen and oxygen atoms in total. The van der Waals surface area contributed by atoms with E-state index in [1.165, 1.54) is 16.0 Å². The Morgan fingerprint density at radius 1 is 1.06 bits per heavy atom. The van der Waals surface area contributed by atoms with E-state index in [1.54, 1.807) is 17.4 Å². The quantitative estimate of drug-likeness (QED) is 0.675. The van der Waals surface area contributed by atoms with Gasteiger partial charge in [-0.3, -0.25) is 0 Å². The number of aryl methyl sites for hydroxylation is 1. The van der Waals surface area contributed by atoms with Crippen LogP contribution < -0.4 is 0 Å². The normalized spacial score (nSPS) is 10.2. The van der Waals surface area contributed by atoms with E-state index >= 15 is 0 Å². The molecule has 2 rings (SSSR count). The van der Waals surface area contributed by atoms with Crippen molar-refractivity contribution in [3.05, 3.63) is 51.3 Å². The van der Waals surface area contributed by atoms with E-state index in [0.29, 0.717) is 0 Å². The zero-order valence-electron chi connectivity index (χ0n) is 8.71. The summed E-state index contributed by atoms with van der Waals surface area (Å²) in [5.41, 5.74) is 2.49. The molecular weight excluding hydrogens is 259 g/mol. The Balaban J connectivity index is 2.31. The molecule has 0 amide bonds. The second-order valence-corrected chi connectivity index (χ2v) is 5.63. The van der Waals surface area contributed by atoms with Crippen LogP contribution in [0.4, 0.5) is 0 Å². The van der Waals surface area contributed by atoms with Gasteiger partial charge in [0.25, 0.3) is 0 Å². The van der Waals surface area contributed by atoms with Crippen molar-refractivity contribution < 1.29 is 0 Å². The first kappa shape index (κ1) is 11.7. The molecule has 0 aliphatic rings. The Kier molecular flexibility index (Phi) is 3.70. The van der Waals surface area contributed by atoms with Crippen LogP contribution >= 0.6 is 34.5 Å². The van der Waals surface area contributed by atoms with Gasteiger partial charge in [0.2, 0.25) is 0 Å². The van der Waals surface area contributed by atoms with Gasteiger partial charge in [-0.25, -0.2) is 0 Å². The van der Waals surface area contributed by atoms with Gasteiger partial charge in [-0.2, -0.15) is 0 Å². The lowest BCUT2D eigenvalue weighted by Crippen LogP contribution is -1.72. The predicted molar refractivity (Wildman–Crippen MR) is 74.2 cm³/mol. The summed E-state index contributed by atoms with van der Waals surface area (Å²) in [5.74, 6) is 0. The third-order valence-corrected chi connectivity index (χ3v) is 3.51. The van der Waals surface area contributed by atoms with Crippen LogP contribution in [0.2, 0.25) is 0 Å². The molecule has 2 aromatic rings. The van der Waals surface area contributed by atoms with Crippen LogP contribution in [0, 0.1) is 6.92 Å². The highest BCUT2D eigenvalue weighted by Gasteiger charge is 2.01. The average Bonchev–Trinajstić information content (AvgIpc) is 2.66. The topological polar surface area (TPSA) is 0 Å². The molecule has 0 aliphatic carbocycles. The van der Waals surface area contributed by atoms with Gasteiger partial charge >= 0.3 is 0 Å². The minimum Gasteiger partial charge on any atom is -0.136 e. The monoisotopic (exact) mass is 268 g/mol. The van der Waals surface area contributed by atoms with E-state index in [9.17, 15) is 0 Å². The molecule has 0 saturated carbocycles. The van der Waals surface area contributed by atoms with E-state index < -0.39 is 0 Å². The third-order valence-electron chi connectivity index (χ3n) is 2.21. The van der Waals surface area contributed by atoms with Crippen LogP contribution in [0.25, 0.3) is 16.5 Å². The zero-order chi connectivity index (χ0) is 11.5. The van der Waals surface area contributed by atoms with Gasteiger partial charge in [-0.1, -0.05) is 53.0 Å². The molecular formula is C13H10Cl2S. The first-order valence-electron chi connectivity index (χ1n) is 4.85. The van der Waals surface area contributed by atoms with E-state index in [-0.39, 0.29) is 4.49 Å². The molecule has 1 heterocycles. The number of hydrogen-bond acceptors (Lipinski definition) is 1. The van der Waals surface area contributed by atoms with Crippen molar-refractivity contribution in [1.82, 2.24) is 0 Å². The van der Waals surface area contributed by atoms with Crippen LogP contribution in [0.1, 0.15) is 10.4 Å². The maximum atomic E-state index is 5.62. The molecule has 1 aromatic heterocycles. The van der Waals surface area contributed by atoms with E-state index in [0.717, 1.165) is 4.88 Å². The van der Waals surface area contributed by atoms with Crippen LogP contribution in [-0.2, 0) is 0 Å².